The van der Waals surface area contributed by atoms with E-state index in [1.54, 1.807) is 18.2 Å². The molecule has 0 bridgehead atoms. The third-order valence-corrected chi connectivity index (χ3v) is 5.56. The SMILES string of the molecule is CC(Sc1cc(Cl)ccc1Cl)C(=O)NCCCN1CCNCC1. The van der Waals surface area contributed by atoms with E-state index in [2.05, 4.69) is 15.5 Å². The highest BCUT2D eigenvalue weighted by atomic mass is 35.5. The Morgan fingerprint density at radius 3 is 2.87 bits per heavy atom. The maximum Gasteiger partial charge on any atom is 0.233 e. The maximum atomic E-state index is 12.2. The Morgan fingerprint density at radius 2 is 2.13 bits per heavy atom. The standard InChI is InChI=1S/C16H23Cl2N3OS/c1-12(23-15-11-13(17)3-4-14(15)18)16(22)20-5-2-8-21-9-6-19-7-10-21/h3-4,11-12,19H,2,5-10H2,1H3,(H,20,22). The molecule has 1 aliphatic heterocycles. The van der Waals surface area contributed by atoms with Crippen molar-refractivity contribution >= 4 is 40.9 Å². The average molecular weight is 376 g/mol. The van der Waals surface area contributed by atoms with Crippen LogP contribution in [0.2, 0.25) is 10.0 Å². The third-order valence-electron chi connectivity index (χ3n) is 3.73. The Morgan fingerprint density at radius 1 is 1.39 bits per heavy atom. The van der Waals surface area contributed by atoms with E-state index in [-0.39, 0.29) is 11.2 Å². The largest absolute Gasteiger partial charge is 0.355 e. The van der Waals surface area contributed by atoms with Gasteiger partial charge in [-0.1, -0.05) is 23.2 Å². The minimum atomic E-state index is -0.204. The van der Waals surface area contributed by atoms with Crippen LogP contribution in [-0.4, -0.2) is 55.3 Å². The maximum absolute atomic E-state index is 12.2. The van der Waals surface area contributed by atoms with Crippen LogP contribution in [-0.2, 0) is 4.79 Å². The number of thioether (sulfide) groups is 1. The molecule has 1 heterocycles. The van der Waals surface area contributed by atoms with E-state index in [0.29, 0.717) is 16.6 Å². The summed E-state index contributed by atoms with van der Waals surface area (Å²) in [6, 6.07) is 5.29. The van der Waals surface area contributed by atoms with Crippen molar-refractivity contribution < 1.29 is 4.79 Å². The number of piperazine rings is 1. The van der Waals surface area contributed by atoms with Gasteiger partial charge in [-0.3, -0.25) is 4.79 Å². The molecule has 1 unspecified atom stereocenters. The first kappa shape index (κ1) is 18.9. The zero-order valence-electron chi connectivity index (χ0n) is 13.3. The highest BCUT2D eigenvalue weighted by Crippen LogP contribution is 2.32. The van der Waals surface area contributed by atoms with Crippen LogP contribution in [0.4, 0.5) is 0 Å². The molecule has 1 fully saturated rings. The topological polar surface area (TPSA) is 44.4 Å². The van der Waals surface area contributed by atoms with Gasteiger partial charge in [-0.25, -0.2) is 0 Å². The summed E-state index contributed by atoms with van der Waals surface area (Å²) in [6.07, 6.45) is 0.973. The first-order valence-corrected chi connectivity index (χ1v) is 9.52. The van der Waals surface area contributed by atoms with Crippen molar-refractivity contribution in [2.75, 3.05) is 39.3 Å². The van der Waals surface area contributed by atoms with Gasteiger partial charge in [0, 0.05) is 42.6 Å². The lowest BCUT2D eigenvalue weighted by molar-refractivity contribution is -0.120. The van der Waals surface area contributed by atoms with E-state index >= 15 is 0 Å². The summed E-state index contributed by atoms with van der Waals surface area (Å²) in [5.74, 6) is 0.0337. The summed E-state index contributed by atoms with van der Waals surface area (Å²) < 4.78 is 0. The summed E-state index contributed by atoms with van der Waals surface area (Å²) in [4.78, 5) is 15.4. The second kappa shape index (κ2) is 9.74. The number of nitrogens with zero attached hydrogens (tertiary/aromatic N) is 1. The van der Waals surface area contributed by atoms with E-state index in [1.165, 1.54) is 11.8 Å². The number of halogens is 2. The molecule has 2 N–H and O–H groups in total. The smallest absolute Gasteiger partial charge is 0.233 e. The molecule has 1 saturated heterocycles. The van der Waals surface area contributed by atoms with Crippen molar-refractivity contribution in [3.05, 3.63) is 28.2 Å². The summed E-state index contributed by atoms with van der Waals surface area (Å²) in [5.41, 5.74) is 0. The van der Waals surface area contributed by atoms with Gasteiger partial charge in [0.2, 0.25) is 5.91 Å². The van der Waals surface area contributed by atoms with Gasteiger partial charge in [-0.05, 0) is 38.1 Å². The lowest BCUT2D eigenvalue weighted by Gasteiger charge is -2.27. The Kier molecular flexibility index (Phi) is 7.99. The minimum Gasteiger partial charge on any atom is -0.355 e. The average Bonchev–Trinajstić information content (AvgIpc) is 2.55. The van der Waals surface area contributed by atoms with E-state index in [1.807, 2.05) is 6.92 Å². The van der Waals surface area contributed by atoms with Gasteiger partial charge < -0.3 is 15.5 Å². The molecule has 7 heteroatoms. The molecule has 2 rings (SSSR count). The molecular weight excluding hydrogens is 353 g/mol. The number of benzene rings is 1. The molecule has 1 aromatic rings. The van der Waals surface area contributed by atoms with Crippen molar-refractivity contribution in [3.8, 4) is 0 Å². The van der Waals surface area contributed by atoms with Gasteiger partial charge in [0.15, 0.2) is 0 Å². The van der Waals surface area contributed by atoms with Crippen LogP contribution in [0, 0.1) is 0 Å². The van der Waals surface area contributed by atoms with Gasteiger partial charge in [0.25, 0.3) is 0 Å². The van der Waals surface area contributed by atoms with Crippen LogP contribution < -0.4 is 10.6 Å². The fourth-order valence-electron chi connectivity index (χ4n) is 2.40. The predicted molar refractivity (Wildman–Crippen MR) is 98.7 cm³/mol. The fourth-order valence-corrected chi connectivity index (χ4v) is 3.84. The highest BCUT2D eigenvalue weighted by Gasteiger charge is 2.16. The molecule has 23 heavy (non-hydrogen) atoms. The van der Waals surface area contributed by atoms with Gasteiger partial charge in [-0.2, -0.15) is 0 Å². The zero-order valence-corrected chi connectivity index (χ0v) is 15.6. The van der Waals surface area contributed by atoms with Gasteiger partial charge in [0.1, 0.15) is 0 Å². The first-order chi connectivity index (χ1) is 11.1. The summed E-state index contributed by atoms with van der Waals surface area (Å²) in [7, 11) is 0. The monoisotopic (exact) mass is 375 g/mol. The van der Waals surface area contributed by atoms with E-state index in [9.17, 15) is 4.79 Å². The summed E-state index contributed by atoms with van der Waals surface area (Å²) in [6.45, 7) is 7.91. The second-order valence-corrected chi connectivity index (χ2v) is 7.80. The number of rotatable bonds is 7. The molecule has 0 radical (unpaired) electrons. The van der Waals surface area contributed by atoms with Crippen molar-refractivity contribution in [1.29, 1.82) is 0 Å². The quantitative estimate of drug-likeness (QED) is 0.568. The summed E-state index contributed by atoms with van der Waals surface area (Å²) >= 11 is 13.5. The Labute approximate surface area is 152 Å². The Bertz CT molecular complexity index is 524. The van der Waals surface area contributed by atoms with Gasteiger partial charge in [-0.15, -0.1) is 11.8 Å². The van der Waals surface area contributed by atoms with Crippen LogP contribution in [0.25, 0.3) is 0 Å². The van der Waals surface area contributed by atoms with E-state index in [4.69, 9.17) is 23.2 Å². The van der Waals surface area contributed by atoms with E-state index in [0.717, 1.165) is 44.0 Å². The van der Waals surface area contributed by atoms with Crippen LogP contribution in [0.5, 0.6) is 0 Å². The van der Waals surface area contributed by atoms with Gasteiger partial charge >= 0.3 is 0 Å². The molecular formula is C16H23Cl2N3OS. The molecule has 4 nitrogen and oxygen atoms in total. The van der Waals surface area contributed by atoms with Crippen molar-refractivity contribution in [2.45, 2.75) is 23.5 Å². The molecule has 0 saturated carbocycles. The summed E-state index contributed by atoms with van der Waals surface area (Å²) in [5, 5.41) is 7.38. The van der Waals surface area contributed by atoms with Crippen LogP contribution in [0.15, 0.2) is 23.1 Å². The number of nitrogens with one attached hydrogen (secondary N) is 2. The third kappa shape index (κ3) is 6.51. The van der Waals surface area contributed by atoms with Crippen LogP contribution in [0.3, 0.4) is 0 Å². The van der Waals surface area contributed by atoms with Crippen LogP contribution in [0.1, 0.15) is 13.3 Å². The first-order valence-electron chi connectivity index (χ1n) is 7.89. The lowest BCUT2D eigenvalue weighted by atomic mass is 10.3. The molecule has 1 aromatic carbocycles. The number of carbonyl (C=O) groups excluding carboxylic acids is 1. The highest BCUT2D eigenvalue weighted by molar-refractivity contribution is 8.00. The molecule has 1 atom stereocenters. The minimum absolute atomic E-state index is 0.0337. The number of hydrogen-bond acceptors (Lipinski definition) is 4. The molecule has 0 spiro atoms. The van der Waals surface area contributed by atoms with Crippen LogP contribution >= 0.6 is 35.0 Å². The molecule has 128 valence electrons. The Hall–Kier alpha value is -0.460. The Balaban J connectivity index is 1.69. The second-order valence-electron chi connectivity index (χ2n) is 5.57. The molecule has 0 aliphatic carbocycles. The number of hydrogen-bond donors (Lipinski definition) is 2. The molecule has 0 aromatic heterocycles. The number of carbonyl (C=O) groups is 1. The van der Waals surface area contributed by atoms with Crippen molar-refractivity contribution in [1.82, 2.24) is 15.5 Å². The van der Waals surface area contributed by atoms with Gasteiger partial charge in [0.05, 0.1) is 10.3 Å². The molecule has 1 aliphatic rings. The van der Waals surface area contributed by atoms with Crippen molar-refractivity contribution in [3.63, 3.8) is 0 Å². The molecule has 1 amide bonds. The van der Waals surface area contributed by atoms with E-state index < -0.39 is 0 Å². The normalized spacial score (nSPS) is 17.0. The van der Waals surface area contributed by atoms with Crippen molar-refractivity contribution in [2.24, 2.45) is 0 Å². The lowest BCUT2D eigenvalue weighted by Crippen LogP contribution is -2.44. The number of amides is 1. The zero-order chi connectivity index (χ0) is 16.7. The predicted octanol–water partition coefficient (Wildman–Crippen LogP) is 2.89. The fraction of sp³-hybridized carbons (Fsp3) is 0.562.